The Bertz CT molecular complexity index is 1140. The predicted octanol–water partition coefficient (Wildman–Crippen LogP) is 5.27. The number of amidine groups is 2. The first kappa shape index (κ1) is 21.2. The van der Waals surface area contributed by atoms with Crippen LogP contribution >= 0.6 is 23.4 Å². The standard InChI is InChI=1S/C23H20ClN3O3S/c1-14-3-6-17(7-4-14)29-9-10-30-20-8-5-16(12-19(20)24)11-18-21(25)27-15(2)13-31-23(27)26-22(18)28/h3-8,11-13,25H,9-10H2,1-2H3/b18-11+,25-21?. The molecule has 0 spiro atoms. The maximum atomic E-state index is 12.4. The molecule has 1 amide bonds. The second-order valence-corrected chi connectivity index (χ2v) is 8.26. The maximum absolute atomic E-state index is 12.4. The average molecular weight is 454 g/mol. The van der Waals surface area contributed by atoms with E-state index in [4.69, 9.17) is 26.5 Å². The number of nitrogens with zero attached hydrogens (tertiary/aromatic N) is 2. The van der Waals surface area contributed by atoms with Gasteiger partial charge in [-0.3, -0.25) is 15.1 Å². The number of amides is 1. The lowest BCUT2D eigenvalue weighted by Crippen LogP contribution is -2.37. The van der Waals surface area contributed by atoms with E-state index in [2.05, 4.69) is 4.99 Å². The third-order valence-electron chi connectivity index (χ3n) is 4.68. The Labute approximate surface area is 189 Å². The molecule has 6 nitrogen and oxygen atoms in total. The Hall–Kier alpha value is -3.03. The number of aryl methyl sites for hydroxylation is 1. The van der Waals surface area contributed by atoms with Crippen LogP contribution in [0, 0.1) is 12.3 Å². The summed E-state index contributed by atoms with van der Waals surface area (Å²) in [7, 11) is 0. The Morgan fingerprint density at radius 3 is 2.61 bits per heavy atom. The molecule has 0 aliphatic carbocycles. The van der Waals surface area contributed by atoms with Crippen LogP contribution in [0.1, 0.15) is 18.1 Å². The van der Waals surface area contributed by atoms with Gasteiger partial charge in [-0.25, -0.2) is 0 Å². The molecule has 0 saturated carbocycles. The number of rotatable bonds is 6. The number of nitrogens with one attached hydrogen (secondary N) is 1. The number of aliphatic imine (C=N–C) groups is 1. The molecule has 31 heavy (non-hydrogen) atoms. The van der Waals surface area contributed by atoms with Crippen LogP contribution in [0.3, 0.4) is 0 Å². The zero-order valence-electron chi connectivity index (χ0n) is 17.0. The van der Waals surface area contributed by atoms with Crippen LogP contribution in [0.2, 0.25) is 5.02 Å². The van der Waals surface area contributed by atoms with E-state index < -0.39 is 5.91 Å². The van der Waals surface area contributed by atoms with Crippen molar-refractivity contribution in [2.45, 2.75) is 13.8 Å². The highest BCUT2D eigenvalue weighted by molar-refractivity contribution is 8.16. The highest BCUT2D eigenvalue weighted by Crippen LogP contribution is 2.32. The number of hydrogen-bond donors (Lipinski definition) is 1. The first-order valence-electron chi connectivity index (χ1n) is 9.61. The molecule has 0 unspecified atom stereocenters. The van der Waals surface area contributed by atoms with Crippen LogP contribution in [0.15, 0.2) is 64.1 Å². The fourth-order valence-corrected chi connectivity index (χ4v) is 4.18. The lowest BCUT2D eigenvalue weighted by molar-refractivity contribution is -0.114. The molecule has 2 aliphatic rings. The molecule has 4 rings (SSSR count). The summed E-state index contributed by atoms with van der Waals surface area (Å²) in [4.78, 5) is 18.1. The number of allylic oxidation sites excluding steroid dienone is 1. The highest BCUT2D eigenvalue weighted by atomic mass is 35.5. The Morgan fingerprint density at radius 1 is 1.13 bits per heavy atom. The van der Waals surface area contributed by atoms with Gasteiger partial charge in [0.25, 0.3) is 5.91 Å². The van der Waals surface area contributed by atoms with Crippen molar-refractivity contribution < 1.29 is 14.3 Å². The number of carbonyl (C=O) groups is 1. The van der Waals surface area contributed by atoms with Crippen LogP contribution in [0.5, 0.6) is 11.5 Å². The molecule has 0 fully saturated rings. The normalized spacial score (nSPS) is 16.9. The summed E-state index contributed by atoms with van der Waals surface area (Å²) in [6, 6.07) is 13.0. The summed E-state index contributed by atoms with van der Waals surface area (Å²) in [6.45, 7) is 4.63. The first-order chi connectivity index (χ1) is 14.9. The Balaban J connectivity index is 1.40. The first-order valence-corrected chi connectivity index (χ1v) is 10.9. The second-order valence-electron chi connectivity index (χ2n) is 7.02. The average Bonchev–Trinajstić information content (AvgIpc) is 3.11. The van der Waals surface area contributed by atoms with E-state index in [1.54, 1.807) is 29.2 Å². The van der Waals surface area contributed by atoms with Crippen LogP contribution in [-0.2, 0) is 4.79 Å². The molecule has 2 heterocycles. The SMILES string of the molecule is CC1=CSC2=NC(=O)/C(=C/c3ccc(OCCOc4ccc(C)cc4)c(Cl)c3)C(=N)N12. The minimum Gasteiger partial charge on any atom is -0.490 e. The number of carbonyl (C=O) groups excluding carboxylic acids is 1. The van der Waals surface area contributed by atoms with E-state index in [0.717, 1.165) is 11.4 Å². The highest BCUT2D eigenvalue weighted by Gasteiger charge is 2.33. The van der Waals surface area contributed by atoms with Gasteiger partial charge in [0.2, 0.25) is 0 Å². The van der Waals surface area contributed by atoms with Crippen LogP contribution < -0.4 is 9.47 Å². The van der Waals surface area contributed by atoms with Gasteiger partial charge in [-0.05, 0) is 55.2 Å². The number of thioether (sulfide) groups is 1. The van der Waals surface area contributed by atoms with Crippen molar-refractivity contribution in [3.63, 3.8) is 0 Å². The lowest BCUT2D eigenvalue weighted by Gasteiger charge is -2.25. The molecule has 0 bridgehead atoms. The predicted molar refractivity (Wildman–Crippen MR) is 125 cm³/mol. The van der Waals surface area contributed by atoms with Gasteiger partial charge in [0.05, 0.1) is 10.6 Å². The monoisotopic (exact) mass is 453 g/mol. The molecule has 158 valence electrons. The molecule has 2 aromatic carbocycles. The number of hydrogen-bond acceptors (Lipinski definition) is 5. The molecule has 0 atom stereocenters. The van der Waals surface area contributed by atoms with Gasteiger partial charge in [0, 0.05) is 5.70 Å². The van der Waals surface area contributed by atoms with Crippen molar-refractivity contribution in [1.82, 2.24) is 4.90 Å². The molecule has 0 aromatic heterocycles. The summed E-state index contributed by atoms with van der Waals surface area (Å²) in [5, 5.41) is 11.2. The van der Waals surface area contributed by atoms with E-state index in [1.807, 2.05) is 43.5 Å². The van der Waals surface area contributed by atoms with Crippen molar-refractivity contribution >= 4 is 46.3 Å². The second kappa shape index (κ2) is 8.99. The van der Waals surface area contributed by atoms with E-state index >= 15 is 0 Å². The van der Waals surface area contributed by atoms with Gasteiger partial charge < -0.3 is 9.47 Å². The largest absolute Gasteiger partial charge is 0.490 e. The van der Waals surface area contributed by atoms with Crippen molar-refractivity contribution in [2.24, 2.45) is 4.99 Å². The fraction of sp³-hybridized carbons (Fsp3) is 0.174. The number of fused-ring (bicyclic) bond motifs is 1. The Morgan fingerprint density at radius 2 is 1.87 bits per heavy atom. The van der Waals surface area contributed by atoms with Crippen LogP contribution in [-0.4, -0.2) is 35.0 Å². The summed E-state index contributed by atoms with van der Waals surface area (Å²) < 4.78 is 11.4. The zero-order valence-corrected chi connectivity index (χ0v) is 18.6. The van der Waals surface area contributed by atoms with Gasteiger partial charge in [0.15, 0.2) is 5.17 Å². The van der Waals surface area contributed by atoms with Crippen molar-refractivity contribution in [2.75, 3.05) is 13.2 Å². The van der Waals surface area contributed by atoms with E-state index in [-0.39, 0.29) is 11.4 Å². The van der Waals surface area contributed by atoms with Crippen LogP contribution in [0.25, 0.3) is 6.08 Å². The Kier molecular flexibility index (Phi) is 6.15. The van der Waals surface area contributed by atoms with Crippen molar-refractivity contribution in [3.05, 3.63) is 75.3 Å². The molecular formula is C23H20ClN3O3S. The van der Waals surface area contributed by atoms with Crippen LogP contribution in [0.4, 0.5) is 0 Å². The number of benzene rings is 2. The summed E-state index contributed by atoms with van der Waals surface area (Å²) in [5.41, 5.74) is 2.94. The smallest absolute Gasteiger partial charge is 0.283 e. The fourth-order valence-electron chi connectivity index (χ4n) is 3.08. The van der Waals surface area contributed by atoms with Gasteiger partial charge >= 0.3 is 0 Å². The minimum atomic E-state index is -0.434. The number of halogens is 1. The molecule has 2 aliphatic heterocycles. The van der Waals surface area contributed by atoms with Gasteiger partial charge in [-0.15, -0.1) is 0 Å². The maximum Gasteiger partial charge on any atom is 0.283 e. The molecular weight excluding hydrogens is 434 g/mol. The number of ether oxygens (including phenoxy) is 2. The van der Waals surface area contributed by atoms with E-state index in [1.165, 1.54) is 17.3 Å². The lowest BCUT2D eigenvalue weighted by atomic mass is 10.1. The van der Waals surface area contributed by atoms with Gasteiger partial charge in [-0.1, -0.05) is 47.1 Å². The van der Waals surface area contributed by atoms with Gasteiger partial charge in [0.1, 0.15) is 30.5 Å². The summed E-state index contributed by atoms with van der Waals surface area (Å²) >= 11 is 7.70. The van der Waals surface area contributed by atoms with Crippen molar-refractivity contribution in [1.29, 1.82) is 5.41 Å². The molecule has 8 heteroatoms. The molecule has 0 radical (unpaired) electrons. The third-order valence-corrected chi connectivity index (χ3v) is 5.92. The summed E-state index contributed by atoms with van der Waals surface area (Å²) in [6.07, 6.45) is 1.62. The minimum absolute atomic E-state index is 0.110. The molecule has 0 saturated heterocycles. The zero-order chi connectivity index (χ0) is 22.0. The van der Waals surface area contributed by atoms with Gasteiger partial charge in [-0.2, -0.15) is 4.99 Å². The van der Waals surface area contributed by atoms with E-state index in [9.17, 15) is 4.79 Å². The third kappa shape index (κ3) is 4.68. The summed E-state index contributed by atoms with van der Waals surface area (Å²) in [5.74, 6) is 0.987. The van der Waals surface area contributed by atoms with Crippen molar-refractivity contribution in [3.8, 4) is 11.5 Å². The molecule has 2 aromatic rings. The topological polar surface area (TPSA) is 75.0 Å². The quantitative estimate of drug-likeness (QED) is 0.476. The van der Waals surface area contributed by atoms with E-state index in [0.29, 0.717) is 34.7 Å². The molecule has 1 N–H and O–H groups in total.